The number of amides is 3. The number of ether oxygens (including phenoxy) is 2. The van der Waals surface area contributed by atoms with Crippen molar-refractivity contribution in [3.8, 4) is 22.8 Å². The van der Waals surface area contributed by atoms with Crippen molar-refractivity contribution < 1.29 is 23.9 Å². The molecule has 1 unspecified atom stereocenters. The maximum Gasteiger partial charge on any atom is 0.248 e. The third-order valence-electron chi connectivity index (χ3n) is 10.0. The predicted molar refractivity (Wildman–Crippen MR) is 200 cm³/mol. The molecule has 3 N–H and O–H groups in total. The summed E-state index contributed by atoms with van der Waals surface area (Å²) in [5.41, 5.74) is 11.0. The highest BCUT2D eigenvalue weighted by molar-refractivity contribution is 7.99. The van der Waals surface area contributed by atoms with Crippen LogP contribution in [0.15, 0.2) is 84.0 Å². The number of aromatic nitrogens is 4. The number of nitrogens with one attached hydrogen (secondary N) is 1. The minimum atomic E-state index is -0.291. The summed E-state index contributed by atoms with van der Waals surface area (Å²) in [6.45, 7) is 2.92. The Morgan fingerprint density at radius 3 is 2.62 bits per heavy atom. The molecule has 53 heavy (non-hydrogen) atoms. The van der Waals surface area contributed by atoms with Crippen LogP contribution in [0.25, 0.3) is 22.3 Å². The number of nitrogen functional groups attached to an aromatic ring is 1. The Labute approximate surface area is 310 Å². The maximum absolute atomic E-state index is 13.3. The first kappa shape index (κ1) is 34.8. The number of rotatable bonds is 11. The molecule has 13 nitrogen and oxygen atoms in total. The summed E-state index contributed by atoms with van der Waals surface area (Å²) in [6, 6.07) is 23.2. The topological polar surface area (TPSA) is 158 Å². The normalized spacial score (nSPS) is 19.0. The number of nitrogens with zero attached hydrogens (tertiary/aromatic N) is 6. The van der Waals surface area contributed by atoms with E-state index in [1.165, 1.54) is 17.5 Å². The number of likely N-dealkylation sites (tertiary alicyclic amines) is 1. The maximum atomic E-state index is 13.3. The molecule has 8 rings (SSSR count). The van der Waals surface area contributed by atoms with Crippen molar-refractivity contribution in [1.29, 1.82) is 0 Å². The smallest absolute Gasteiger partial charge is 0.248 e. The zero-order valence-electron chi connectivity index (χ0n) is 29.1. The van der Waals surface area contributed by atoms with Gasteiger partial charge in [0.25, 0.3) is 0 Å². The standard InChI is InChI=1S/C39H40N8O5S/c40-37-35-36(25-11-13-29(14-12-25)52-28-8-2-1-3-9-28)44-47(38(35)42-24-41-37)27-7-5-17-45(21-27)34(49)23-51-18-19-53-32-10-4-6-26-20-46(22-30(26)32)31-15-16-33(48)43-39(31)50/h1-4,6,8-14,24,27,31H,5,7,15-23H2,(H2,40,41,42)(H,43,48,50)/t27-,31?/m1/s1. The van der Waals surface area contributed by atoms with Crippen molar-refractivity contribution in [1.82, 2.24) is 34.9 Å². The molecule has 2 fully saturated rings. The molecule has 272 valence electrons. The second-order valence-corrected chi connectivity index (χ2v) is 14.6. The molecular weight excluding hydrogens is 693 g/mol. The number of hydrogen-bond acceptors (Lipinski definition) is 11. The third-order valence-corrected chi connectivity index (χ3v) is 11.1. The summed E-state index contributed by atoms with van der Waals surface area (Å²) in [7, 11) is 0. The fourth-order valence-corrected chi connectivity index (χ4v) is 8.37. The van der Waals surface area contributed by atoms with Crippen LogP contribution in [0.1, 0.15) is 42.9 Å². The van der Waals surface area contributed by atoms with E-state index in [0.717, 1.165) is 29.1 Å². The molecule has 0 bridgehead atoms. The lowest BCUT2D eigenvalue weighted by Crippen LogP contribution is -2.50. The van der Waals surface area contributed by atoms with E-state index < -0.39 is 0 Å². The fraction of sp³-hybridized carbons (Fsp3) is 0.333. The second-order valence-electron chi connectivity index (χ2n) is 13.5. The molecular formula is C39H40N8O5S. The van der Waals surface area contributed by atoms with E-state index in [0.29, 0.717) is 79.7 Å². The minimum Gasteiger partial charge on any atom is -0.457 e. The quantitative estimate of drug-likeness (QED) is 0.107. The summed E-state index contributed by atoms with van der Waals surface area (Å²) in [4.78, 5) is 51.4. The molecule has 5 heterocycles. The van der Waals surface area contributed by atoms with Gasteiger partial charge in [-0.05, 0) is 72.9 Å². The first-order chi connectivity index (χ1) is 25.9. The van der Waals surface area contributed by atoms with E-state index in [1.807, 2.05) is 70.2 Å². The van der Waals surface area contributed by atoms with Crippen molar-refractivity contribution in [3.05, 3.63) is 90.3 Å². The van der Waals surface area contributed by atoms with Gasteiger partial charge in [0, 0.05) is 48.8 Å². The molecule has 14 heteroatoms. The number of fused-ring (bicyclic) bond motifs is 2. The number of carbonyl (C=O) groups excluding carboxylic acids is 3. The lowest BCUT2D eigenvalue weighted by atomic mass is 10.0. The number of para-hydroxylation sites is 1. The number of piperidine rings is 2. The summed E-state index contributed by atoms with van der Waals surface area (Å²) in [5.74, 6) is 2.03. The number of carbonyl (C=O) groups is 3. The van der Waals surface area contributed by atoms with Gasteiger partial charge in [-0.25, -0.2) is 14.6 Å². The van der Waals surface area contributed by atoms with E-state index in [4.69, 9.17) is 20.3 Å². The summed E-state index contributed by atoms with van der Waals surface area (Å²) < 4.78 is 13.8. The van der Waals surface area contributed by atoms with Gasteiger partial charge in [0.05, 0.1) is 24.1 Å². The Morgan fingerprint density at radius 2 is 1.79 bits per heavy atom. The molecule has 2 aromatic heterocycles. The predicted octanol–water partition coefficient (Wildman–Crippen LogP) is 4.96. The second kappa shape index (κ2) is 15.3. The number of nitrogens with two attached hydrogens (primary N) is 1. The van der Waals surface area contributed by atoms with Crippen LogP contribution in [-0.4, -0.2) is 85.4 Å². The molecule has 3 aliphatic rings. The third kappa shape index (κ3) is 7.48. The summed E-state index contributed by atoms with van der Waals surface area (Å²) in [5, 5.41) is 8.17. The number of thioether (sulfide) groups is 1. The Bertz CT molecular complexity index is 2140. The van der Waals surface area contributed by atoms with E-state index in [-0.39, 0.29) is 36.4 Å². The van der Waals surface area contributed by atoms with Crippen molar-refractivity contribution in [3.63, 3.8) is 0 Å². The van der Waals surface area contributed by atoms with Gasteiger partial charge in [0.1, 0.15) is 35.9 Å². The molecule has 0 saturated carbocycles. The van der Waals surface area contributed by atoms with Crippen LogP contribution in [0, 0.1) is 0 Å². The van der Waals surface area contributed by atoms with Crippen molar-refractivity contribution in [2.75, 3.05) is 37.8 Å². The molecule has 2 atom stereocenters. The van der Waals surface area contributed by atoms with Crippen LogP contribution in [0.3, 0.4) is 0 Å². The lowest BCUT2D eigenvalue weighted by Gasteiger charge is -2.33. The van der Waals surface area contributed by atoms with Gasteiger partial charge in [0.2, 0.25) is 17.7 Å². The Balaban J connectivity index is 0.866. The van der Waals surface area contributed by atoms with Crippen molar-refractivity contribution >= 4 is 46.3 Å². The van der Waals surface area contributed by atoms with Crippen LogP contribution >= 0.6 is 11.8 Å². The molecule has 3 aliphatic heterocycles. The first-order valence-corrected chi connectivity index (χ1v) is 18.9. The van der Waals surface area contributed by atoms with Crippen molar-refractivity contribution in [2.45, 2.75) is 55.8 Å². The van der Waals surface area contributed by atoms with E-state index >= 15 is 0 Å². The average Bonchev–Trinajstić information content (AvgIpc) is 3.79. The van der Waals surface area contributed by atoms with Gasteiger partial charge >= 0.3 is 0 Å². The van der Waals surface area contributed by atoms with E-state index in [2.05, 4.69) is 32.3 Å². The highest BCUT2D eigenvalue weighted by Crippen LogP contribution is 2.36. The van der Waals surface area contributed by atoms with Gasteiger partial charge in [0.15, 0.2) is 5.65 Å². The zero-order valence-corrected chi connectivity index (χ0v) is 30.0. The zero-order chi connectivity index (χ0) is 36.3. The van der Waals surface area contributed by atoms with Crippen molar-refractivity contribution in [2.24, 2.45) is 0 Å². The highest BCUT2D eigenvalue weighted by Gasteiger charge is 2.35. The van der Waals surface area contributed by atoms with Gasteiger partial charge in [-0.3, -0.25) is 24.6 Å². The van der Waals surface area contributed by atoms with Gasteiger partial charge < -0.3 is 20.1 Å². The van der Waals surface area contributed by atoms with E-state index in [9.17, 15) is 14.4 Å². The monoisotopic (exact) mass is 732 g/mol. The number of benzene rings is 3. The Hall–Kier alpha value is -5.31. The van der Waals surface area contributed by atoms with Gasteiger partial charge in [-0.1, -0.05) is 30.3 Å². The van der Waals surface area contributed by atoms with Crippen LogP contribution in [0.5, 0.6) is 11.5 Å². The minimum absolute atomic E-state index is 0.00108. The molecule has 0 radical (unpaired) electrons. The first-order valence-electron chi connectivity index (χ1n) is 17.9. The van der Waals surface area contributed by atoms with E-state index in [1.54, 1.807) is 11.8 Å². The molecule has 3 aromatic carbocycles. The SMILES string of the molecule is Nc1ncnc2c1c(-c1ccc(Oc3ccccc3)cc1)nn2[C@@H]1CCCN(C(=O)COCCSc2cccc3c2CN(C2CCC(=O)NC2=O)C3)C1. The Kier molecular flexibility index (Phi) is 10.1. The van der Waals surface area contributed by atoms with Crippen LogP contribution < -0.4 is 15.8 Å². The number of hydrogen-bond donors (Lipinski definition) is 2. The number of imide groups is 1. The number of anilines is 1. The molecule has 5 aromatic rings. The summed E-state index contributed by atoms with van der Waals surface area (Å²) >= 11 is 1.69. The highest BCUT2D eigenvalue weighted by atomic mass is 32.2. The molecule has 2 saturated heterocycles. The molecule has 0 aliphatic carbocycles. The fourth-order valence-electron chi connectivity index (χ4n) is 7.40. The molecule has 0 spiro atoms. The van der Waals surface area contributed by atoms with Gasteiger partial charge in [-0.15, -0.1) is 11.8 Å². The van der Waals surface area contributed by atoms with Crippen LogP contribution in [0.2, 0.25) is 0 Å². The Morgan fingerprint density at radius 1 is 0.962 bits per heavy atom. The summed E-state index contributed by atoms with van der Waals surface area (Å²) in [6.07, 6.45) is 4.03. The van der Waals surface area contributed by atoms with Crippen LogP contribution in [0.4, 0.5) is 5.82 Å². The largest absolute Gasteiger partial charge is 0.457 e. The lowest BCUT2D eigenvalue weighted by molar-refractivity contribution is -0.138. The average molecular weight is 733 g/mol. The molecule has 3 amide bonds. The van der Waals surface area contributed by atoms with Crippen LogP contribution in [-0.2, 0) is 32.2 Å². The van der Waals surface area contributed by atoms with Gasteiger partial charge in [-0.2, -0.15) is 5.10 Å².